The van der Waals surface area contributed by atoms with Crippen molar-refractivity contribution in [2.45, 2.75) is 12.6 Å². The second kappa shape index (κ2) is 6.84. The van der Waals surface area contributed by atoms with Gasteiger partial charge in [0.05, 0.1) is 0 Å². The lowest BCUT2D eigenvalue weighted by molar-refractivity contribution is -0.124. The number of aromatic nitrogens is 2. The molecule has 1 fully saturated rings. The first-order chi connectivity index (χ1) is 11.5. The van der Waals surface area contributed by atoms with E-state index in [0.717, 1.165) is 6.54 Å². The maximum Gasteiger partial charge on any atom is 0.275 e. The number of hydrogen-bond donors (Lipinski definition) is 1. The van der Waals surface area contributed by atoms with Gasteiger partial charge in [0, 0.05) is 39.4 Å². The fourth-order valence-corrected chi connectivity index (χ4v) is 2.99. The number of amides is 2. The molecule has 1 aliphatic rings. The number of rotatable bonds is 4. The minimum Gasteiger partial charge on any atom is -0.368 e. The SMILES string of the molecule is Cn1ccc(C(=O)N2CCN(Cc3ccccc3)CC2C(N)=O)n1. The van der Waals surface area contributed by atoms with Crippen molar-refractivity contribution >= 4 is 11.8 Å². The predicted octanol–water partition coefficient (Wildman–Crippen LogP) is 0.232. The molecule has 7 nitrogen and oxygen atoms in total. The second-order valence-electron chi connectivity index (χ2n) is 6.01. The number of nitrogens with two attached hydrogens (primary N) is 1. The van der Waals surface area contributed by atoms with Crippen molar-refractivity contribution in [1.29, 1.82) is 0 Å². The number of carbonyl (C=O) groups excluding carboxylic acids is 2. The predicted molar refractivity (Wildman–Crippen MR) is 88.9 cm³/mol. The van der Waals surface area contributed by atoms with Crippen LogP contribution in [0, 0.1) is 0 Å². The Morgan fingerprint density at radius 1 is 1.21 bits per heavy atom. The second-order valence-corrected chi connectivity index (χ2v) is 6.01. The average Bonchev–Trinajstić information content (AvgIpc) is 3.01. The first kappa shape index (κ1) is 16.2. The van der Waals surface area contributed by atoms with Gasteiger partial charge in [-0.3, -0.25) is 19.2 Å². The third-order valence-electron chi connectivity index (χ3n) is 4.24. The number of nitrogens with zero attached hydrogens (tertiary/aromatic N) is 4. The number of benzene rings is 1. The van der Waals surface area contributed by atoms with E-state index in [4.69, 9.17) is 5.73 Å². The fraction of sp³-hybridized carbons (Fsp3) is 0.353. The van der Waals surface area contributed by atoms with Gasteiger partial charge in [-0.25, -0.2) is 0 Å². The zero-order valence-corrected chi connectivity index (χ0v) is 13.6. The topological polar surface area (TPSA) is 84.5 Å². The Labute approximate surface area is 140 Å². The summed E-state index contributed by atoms with van der Waals surface area (Å²) in [6.07, 6.45) is 1.71. The summed E-state index contributed by atoms with van der Waals surface area (Å²) in [6.45, 7) is 2.31. The molecule has 126 valence electrons. The molecule has 24 heavy (non-hydrogen) atoms. The van der Waals surface area contributed by atoms with Gasteiger partial charge in [-0.05, 0) is 11.6 Å². The summed E-state index contributed by atoms with van der Waals surface area (Å²) in [5.41, 5.74) is 7.05. The Balaban J connectivity index is 1.72. The number of carbonyl (C=O) groups is 2. The molecule has 0 aliphatic carbocycles. The van der Waals surface area contributed by atoms with E-state index >= 15 is 0 Å². The first-order valence-corrected chi connectivity index (χ1v) is 7.91. The van der Waals surface area contributed by atoms with Crippen LogP contribution < -0.4 is 5.73 Å². The van der Waals surface area contributed by atoms with Gasteiger partial charge < -0.3 is 10.6 Å². The van der Waals surface area contributed by atoms with Crippen molar-refractivity contribution in [3.05, 3.63) is 53.9 Å². The van der Waals surface area contributed by atoms with Gasteiger partial charge in [0.2, 0.25) is 5.91 Å². The molecular weight excluding hydrogens is 306 g/mol. The summed E-state index contributed by atoms with van der Waals surface area (Å²) in [5, 5.41) is 4.13. The summed E-state index contributed by atoms with van der Waals surface area (Å²) in [7, 11) is 1.75. The van der Waals surface area contributed by atoms with E-state index < -0.39 is 11.9 Å². The molecule has 2 amide bonds. The molecule has 1 aromatic carbocycles. The van der Waals surface area contributed by atoms with E-state index in [0.29, 0.717) is 25.3 Å². The van der Waals surface area contributed by atoms with Crippen LogP contribution in [0.15, 0.2) is 42.6 Å². The Morgan fingerprint density at radius 2 is 1.96 bits per heavy atom. The lowest BCUT2D eigenvalue weighted by Gasteiger charge is -2.39. The van der Waals surface area contributed by atoms with Crippen molar-refractivity contribution < 1.29 is 9.59 Å². The molecule has 1 aromatic heterocycles. The van der Waals surface area contributed by atoms with Crippen LogP contribution >= 0.6 is 0 Å². The molecule has 7 heteroatoms. The van der Waals surface area contributed by atoms with Crippen LogP contribution in [0.3, 0.4) is 0 Å². The lowest BCUT2D eigenvalue weighted by Crippen LogP contribution is -2.59. The number of aryl methyl sites for hydroxylation is 1. The molecule has 1 atom stereocenters. The van der Waals surface area contributed by atoms with Crippen molar-refractivity contribution in [2.24, 2.45) is 12.8 Å². The lowest BCUT2D eigenvalue weighted by atomic mass is 10.1. The molecule has 0 radical (unpaired) electrons. The highest BCUT2D eigenvalue weighted by Crippen LogP contribution is 2.16. The Kier molecular flexibility index (Phi) is 4.61. The molecule has 2 heterocycles. The van der Waals surface area contributed by atoms with Crippen molar-refractivity contribution in [1.82, 2.24) is 19.6 Å². The van der Waals surface area contributed by atoms with E-state index in [9.17, 15) is 9.59 Å². The molecule has 2 N–H and O–H groups in total. The van der Waals surface area contributed by atoms with Crippen LogP contribution in [-0.4, -0.2) is 57.1 Å². The summed E-state index contributed by atoms with van der Waals surface area (Å²) in [6, 6.07) is 11.0. The molecule has 2 aromatic rings. The zero-order valence-electron chi connectivity index (χ0n) is 13.6. The van der Waals surface area contributed by atoms with E-state index in [1.165, 1.54) is 10.5 Å². The summed E-state index contributed by atoms with van der Waals surface area (Å²) in [4.78, 5) is 28.2. The van der Waals surface area contributed by atoms with Gasteiger partial charge in [-0.1, -0.05) is 30.3 Å². The van der Waals surface area contributed by atoms with Crippen molar-refractivity contribution in [2.75, 3.05) is 19.6 Å². The third kappa shape index (κ3) is 3.46. The molecule has 0 saturated carbocycles. The van der Waals surface area contributed by atoms with Gasteiger partial charge in [0.15, 0.2) is 0 Å². The largest absolute Gasteiger partial charge is 0.368 e. The van der Waals surface area contributed by atoms with Crippen LogP contribution in [0.25, 0.3) is 0 Å². The van der Waals surface area contributed by atoms with E-state index in [1.54, 1.807) is 24.0 Å². The molecule has 1 aliphatic heterocycles. The first-order valence-electron chi connectivity index (χ1n) is 7.91. The highest BCUT2D eigenvalue weighted by Gasteiger charge is 2.35. The fourth-order valence-electron chi connectivity index (χ4n) is 2.99. The van der Waals surface area contributed by atoms with Crippen LogP contribution in [0.1, 0.15) is 16.1 Å². The summed E-state index contributed by atoms with van der Waals surface area (Å²) >= 11 is 0. The highest BCUT2D eigenvalue weighted by atomic mass is 16.2. The maximum atomic E-state index is 12.6. The van der Waals surface area contributed by atoms with E-state index in [-0.39, 0.29) is 5.91 Å². The Morgan fingerprint density at radius 3 is 2.58 bits per heavy atom. The molecule has 1 unspecified atom stereocenters. The minimum absolute atomic E-state index is 0.251. The van der Waals surface area contributed by atoms with E-state index in [1.807, 2.05) is 30.3 Å². The number of hydrogen-bond acceptors (Lipinski definition) is 4. The molecule has 3 rings (SSSR count). The zero-order chi connectivity index (χ0) is 17.1. The number of primary amides is 1. The average molecular weight is 327 g/mol. The van der Waals surface area contributed by atoms with Crippen molar-refractivity contribution in [3.63, 3.8) is 0 Å². The van der Waals surface area contributed by atoms with Crippen LogP contribution in [0.2, 0.25) is 0 Å². The van der Waals surface area contributed by atoms with Gasteiger partial charge in [0.1, 0.15) is 11.7 Å². The normalized spacial score (nSPS) is 18.5. The maximum absolute atomic E-state index is 12.6. The smallest absolute Gasteiger partial charge is 0.275 e. The van der Waals surface area contributed by atoms with E-state index in [2.05, 4.69) is 10.00 Å². The third-order valence-corrected chi connectivity index (χ3v) is 4.24. The highest BCUT2D eigenvalue weighted by molar-refractivity contribution is 5.96. The van der Waals surface area contributed by atoms with Crippen LogP contribution in [0.4, 0.5) is 0 Å². The minimum atomic E-state index is -0.642. The molecule has 0 bridgehead atoms. The molecular formula is C17H21N5O2. The molecule has 0 spiro atoms. The standard InChI is InChI=1S/C17H21N5O2/c1-20-8-7-14(19-20)17(24)22-10-9-21(12-15(22)16(18)23)11-13-5-3-2-4-6-13/h2-8,15H,9-12H2,1H3,(H2,18,23). The van der Waals surface area contributed by atoms with Gasteiger partial charge in [-0.15, -0.1) is 0 Å². The quantitative estimate of drug-likeness (QED) is 0.871. The van der Waals surface area contributed by atoms with Gasteiger partial charge >= 0.3 is 0 Å². The van der Waals surface area contributed by atoms with Gasteiger partial charge in [-0.2, -0.15) is 5.10 Å². The molecule has 1 saturated heterocycles. The monoisotopic (exact) mass is 327 g/mol. The summed E-state index contributed by atoms with van der Waals surface area (Å²) in [5.74, 6) is -0.740. The number of piperazine rings is 1. The Bertz CT molecular complexity index is 728. The Hall–Kier alpha value is -2.67. The van der Waals surface area contributed by atoms with Crippen LogP contribution in [-0.2, 0) is 18.4 Å². The summed E-state index contributed by atoms with van der Waals surface area (Å²) < 4.78 is 1.57. The van der Waals surface area contributed by atoms with Gasteiger partial charge in [0.25, 0.3) is 5.91 Å². The van der Waals surface area contributed by atoms with Crippen LogP contribution in [0.5, 0.6) is 0 Å². The van der Waals surface area contributed by atoms with Crippen molar-refractivity contribution in [3.8, 4) is 0 Å².